The molecule has 19 heavy (non-hydrogen) atoms. The van der Waals surface area contributed by atoms with Crippen LogP contribution in [0.15, 0.2) is 30.3 Å². The van der Waals surface area contributed by atoms with Crippen molar-refractivity contribution in [2.24, 2.45) is 0 Å². The highest BCUT2D eigenvalue weighted by Gasteiger charge is 2.02. The molecule has 0 aliphatic carbocycles. The first-order chi connectivity index (χ1) is 9.18. The number of carboxylic acid groups (broad SMARTS) is 1. The zero-order valence-corrected chi connectivity index (χ0v) is 11.0. The highest BCUT2D eigenvalue weighted by Crippen LogP contribution is 2.06. The molecule has 0 fully saturated rings. The molecule has 0 heterocycles. The number of rotatable bonds is 7. The normalized spacial score (nSPS) is 11.4. The van der Waals surface area contributed by atoms with Gasteiger partial charge in [0.25, 0.3) is 0 Å². The Morgan fingerprint density at radius 3 is 2.63 bits per heavy atom. The van der Waals surface area contributed by atoms with E-state index < -0.39 is 12.1 Å². The molecule has 102 valence electrons. The molecule has 0 bridgehead atoms. The Balaban J connectivity index is 2.12. The molecule has 0 spiro atoms. The van der Waals surface area contributed by atoms with Crippen LogP contribution in [0.1, 0.15) is 37.7 Å². The van der Waals surface area contributed by atoms with Gasteiger partial charge in [-0.15, -0.1) is 11.8 Å². The van der Waals surface area contributed by atoms with Crippen molar-refractivity contribution in [3.8, 4) is 11.8 Å². The minimum atomic E-state index is -0.787. The van der Waals surface area contributed by atoms with Gasteiger partial charge in [0.1, 0.15) is 0 Å². The molecule has 3 nitrogen and oxygen atoms in total. The van der Waals surface area contributed by atoms with Gasteiger partial charge in [-0.1, -0.05) is 30.3 Å². The summed E-state index contributed by atoms with van der Waals surface area (Å²) < 4.78 is 0. The van der Waals surface area contributed by atoms with Gasteiger partial charge in [0.05, 0.1) is 6.10 Å². The number of hydrogen-bond acceptors (Lipinski definition) is 2. The second-order valence-electron chi connectivity index (χ2n) is 4.48. The smallest absolute Gasteiger partial charge is 0.303 e. The minimum absolute atomic E-state index is 0.158. The Hall–Kier alpha value is -1.79. The first kappa shape index (κ1) is 15.3. The van der Waals surface area contributed by atoms with Crippen LogP contribution in [-0.2, 0) is 11.2 Å². The van der Waals surface area contributed by atoms with E-state index in [0.717, 1.165) is 6.42 Å². The molecule has 0 saturated carbocycles. The molecule has 0 aliphatic rings. The number of aryl methyl sites for hydroxylation is 1. The van der Waals surface area contributed by atoms with Crippen molar-refractivity contribution in [3.63, 3.8) is 0 Å². The molecule has 1 aromatic carbocycles. The molecule has 2 N–H and O–H groups in total. The summed E-state index contributed by atoms with van der Waals surface area (Å²) in [5, 5.41) is 18.2. The molecule has 0 aliphatic heterocycles. The third-order valence-electron chi connectivity index (χ3n) is 2.76. The van der Waals surface area contributed by atoms with E-state index >= 15 is 0 Å². The van der Waals surface area contributed by atoms with Crippen LogP contribution >= 0.6 is 0 Å². The zero-order chi connectivity index (χ0) is 13.9. The van der Waals surface area contributed by atoms with Gasteiger partial charge in [-0.25, -0.2) is 0 Å². The van der Waals surface area contributed by atoms with E-state index in [0.29, 0.717) is 25.7 Å². The average molecular weight is 260 g/mol. The van der Waals surface area contributed by atoms with Gasteiger partial charge in [0.2, 0.25) is 0 Å². The Morgan fingerprint density at radius 1 is 1.21 bits per heavy atom. The number of aliphatic hydroxyl groups excluding tert-OH is 1. The van der Waals surface area contributed by atoms with Crippen LogP contribution in [0.5, 0.6) is 0 Å². The summed E-state index contributed by atoms with van der Waals surface area (Å²) in [7, 11) is 0. The van der Waals surface area contributed by atoms with E-state index in [9.17, 15) is 9.90 Å². The van der Waals surface area contributed by atoms with Crippen molar-refractivity contribution in [1.82, 2.24) is 0 Å². The number of carboxylic acids is 1. The number of carbonyl (C=O) groups is 1. The van der Waals surface area contributed by atoms with Crippen LogP contribution in [0, 0.1) is 11.8 Å². The third-order valence-corrected chi connectivity index (χ3v) is 2.76. The van der Waals surface area contributed by atoms with Gasteiger partial charge >= 0.3 is 5.97 Å². The molecular weight excluding hydrogens is 240 g/mol. The van der Waals surface area contributed by atoms with E-state index in [1.54, 1.807) is 0 Å². The summed E-state index contributed by atoms with van der Waals surface area (Å²) >= 11 is 0. The van der Waals surface area contributed by atoms with Gasteiger partial charge in [-0.2, -0.15) is 0 Å². The lowest BCUT2D eigenvalue weighted by Crippen LogP contribution is -2.06. The van der Waals surface area contributed by atoms with Crippen molar-refractivity contribution < 1.29 is 15.0 Å². The number of benzene rings is 1. The van der Waals surface area contributed by atoms with Crippen LogP contribution in [0.4, 0.5) is 0 Å². The summed E-state index contributed by atoms with van der Waals surface area (Å²) in [4.78, 5) is 10.3. The largest absolute Gasteiger partial charge is 0.481 e. The van der Waals surface area contributed by atoms with Crippen LogP contribution in [0.25, 0.3) is 0 Å². The Kier molecular flexibility index (Phi) is 7.38. The van der Waals surface area contributed by atoms with E-state index in [-0.39, 0.29) is 6.42 Å². The molecule has 1 rings (SSSR count). The second-order valence-corrected chi connectivity index (χ2v) is 4.48. The summed E-state index contributed by atoms with van der Waals surface area (Å²) in [6.45, 7) is 0. The van der Waals surface area contributed by atoms with Crippen LogP contribution in [0.3, 0.4) is 0 Å². The fraction of sp³-hybridized carbons (Fsp3) is 0.438. The number of aliphatic hydroxyl groups is 1. The number of unbranched alkanes of at least 4 members (excludes halogenated alkanes) is 1. The molecular formula is C16H20O3. The van der Waals surface area contributed by atoms with E-state index in [1.807, 2.05) is 30.3 Å². The zero-order valence-electron chi connectivity index (χ0n) is 11.0. The standard InChI is InChI=1S/C16H20O3/c17-15(10-6-1-2-7-11-16(18)19)13-12-14-8-4-3-5-9-14/h3-5,8-9,15,17H,2,7,10-13H2,(H,18,19). The topological polar surface area (TPSA) is 57.5 Å². The number of hydrogen-bond donors (Lipinski definition) is 2. The lowest BCUT2D eigenvalue weighted by atomic mass is 10.1. The molecule has 1 atom stereocenters. The SMILES string of the molecule is O=C(O)CCCC#CCC(O)CCc1ccccc1. The number of aliphatic carboxylic acids is 1. The molecule has 3 heteroatoms. The quantitative estimate of drug-likeness (QED) is 0.585. The van der Waals surface area contributed by atoms with Crippen molar-refractivity contribution >= 4 is 5.97 Å². The van der Waals surface area contributed by atoms with Gasteiger partial charge in [0.15, 0.2) is 0 Å². The van der Waals surface area contributed by atoms with Crippen molar-refractivity contribution in [3.05, 3.63) is 35.9 Å². The highest BCUT2D eigenvalue weighted by molar-refractivity contribution is 5.66. The third kappa shape index (κ3) is 8.01. The van der Waals surface area contributed by atoms with Crippen molar-refractivity contribution in [2.75, 3.05) is 0 Å². The van der Waals surface area contributed by atoms with E-state index in [1.165, 1.54) is 5.56 Å². The molecule has 0 amide bonds. The van der Waals surface area contributed by atoms with Gasteiger partial charge in [-0.05, 0) is 24.8 Å². The predicted molar refractivity (Wildman–Crippen MR) is 74.6 cm³/mol. The van der Waals surface area contributed by atoms with Gasteiger partial charge in [0, 0.05) is 19.3 Å². The lowest BCUT2D eigenvalue weighted by Gasteiger charge is -2.06. The van der Waals surface area contributed by atoms with Crippen LogP contribution in [-0.4, -0.2) is 22.3 Å². The second kappa shape index (κ2) is 9.18. The summed E-state index contributed by atoms with van der Waals surface area (Å²) in [6, 6.07) is 10.0. The predicted octanol–water partition coefficient (Wildman–Crippen LogP) is 2.63. The lowest BCUT2D eigenvalue weighted by molar-refractivity contribution is -0.137. The van der Waals surface area contributed by atoms with Crippen molar-refractivity contribution in [2.45, 2.75) is 44.6 Å². The highest BCUT2D eigenvalue weighted by atomic mass is 16.4. The average Bonchev–Trinajstić information content (AvgIpc) is 2.41. The van der Waals surface area contributed by atoms with E-state index in [4.69, 9.17) is 5.11 Å². The Bertz CT molecular complexity index is 428. The van der Waals surface area contributed by atoms with Gasteiger partial charge in [-0.3, -0.25) is 4.79 Å². The monoisotopic (exact) mass is 260 g/mol. The summed E-state index contributed by atoms with van der Waals surface area (Å²) in [5.41, 5.74) is 1.22. The molecule has 0 radical (unpaired) electrons. The maximum absolute atomic E-state index is 10.3. The molecule has 1 aromatic rings. The van der Waals surface area contributed by atoms with Gasteiger partial charge < -0.3 is 10.2 Å². The first-order valence-corrected chi connectivity index (χ1v) is 6.58. The fourth-order valence-electron chi connectivity index (χ4n) is 1.69. The Labute approximate surface area is 114 Å². The molecule has 1 unspecified atom stereocenters. The molecule has 0 aromatic heterocycles. The minimum Gasteiger partial charge on any atom is -0.481 e. The van der Waals surface area contributed by atoms with Crippen LogP contribution < -0.4 is 0 Å². The summed E-state index contributed by atoms with van der Waals surface area (Å²) in [6.07, 6.45) is 2.91. The van der Waals surface area contributed by atoms with Crippen LogP contribution in [0.2, 0.25) is 0 Å². The fourth-order valence-corrected chi connectivity index (χ4v) is 1.69. The van der Waals surface area contributed by atoms with E-state index in [2.05, 4.69) is 11.8 Å². The van der Waals surface area contributed by atoms with Crippen molar-refractivity contribution in [1.29, 1.82) is 0 Å². The summed E-state index contributed by atoms with van der Waals surface area (Å²) in [5.74, 6) is 5.01. The molecule has 0 saturated heterocycles. The maximum atomic E-state index is 10.3. The Morgan fingerprint density at radius 2 is 1.95 bits per heavy atom. The first-order valence-electron chi connectivity index (χ1n) is 6.58. The maximum Gasteiger partial charge on any atom is 0.303 e.